The lowest BCUT2D eigenvalue weighted by Gasteiger charge is -2.26. The summed E-state index contributed by atoms with van der Waals surface area (Å²) in [5.41, 5.74) is 7.74. The minimum atomic E-state index is -3.87. The molecule has 1 aliphatic heterocycles. The number of rotatable bonds is 4. The summed E-state index contributed by atoms with van der Waals surface area (Å²) >= 11 is 6.01. The van der Waals surface area contributed by atoms with Gasteiger partial charge >= 0.3 is 0 Å². The van der Waals surface area contributed by atoms with Crippen LogP contribution in [-0.4, -0.2) is 50.4 Å². The summed E-state index contributed by atoms with van der Waals surface area (Å²) in [6.45, 7) is 5.97. The van der Waals surface area contributed by atoms with Crippen LogP contribution in [0.3, 0.4) is 0 Å². The van der Waals surface area contributed by atoms with Crippen molar-refractivity contribution in [1.82, 2.24) is 10.2 Å². The first-order valence-electron chi connectivity index (χ1n) is 11.0. The maximum absolute atomic E-state index is 13.3. The summed E-state index contributed by atoms with van der Waals surface area (Å²) in [5.74, 6) is -0.314. The standard InChI is InChI=1S/C24H28ClN5O4S/c1-24(2,3)23-28-27-21(34-23)16-10-19-20(11-18(16)29(4)5)35(32,33)13-17(26)22(31)30(19)12-14-6-8-15(25)9-7-14/h6-11,17H,12-13,26H2,1-5H3/t17-/m0/s1. The molecule has 0 saturated heterocycles. The SMILES string of the molecule is CN(C)c1cc2c(cc1-c1nnc(C(C)(C)C)o1)N(Cc1ccc(Cl)cc1)C(=O)[C@@H](N)CS2(=O)=O. The number of amides is 1. The van der Waals surface area contributed by atoms with E-state index in [0.717, 1.165) is 5.56 Å². The number of hydrogen-bond donors (Lipinski definition) is 1. The number of carbonyl (C=O) groups is 1. The van der Waals surface area contributed by atoms with E-state index in [1.807, 2.05) is 20.8 Å². The van der Waals surface area contributed by atoms with Gasteiger partial charge in [0.05, 0.1) is 40.2 Å². The quantitative estimate of drug-likeness (QED) is 0.558. The van der Waals surface area contributed by atoms with Crippen molar-refractivity contribution in [3.63, 3.8) is 0 Å². The number of sulfone groups is 1. The fourth-order valence-electron chi connectivity index (χ4n) is 3.85. The van der Waals surface area contributed by atoms with Crippen LogP contribution in [0, 0.1) is 0 Å². The van der Waals surface area contributed by atoms with Gasteiger partial charge in [0.1, 0.15) is 0 Å². The molecule has 3 aromatic rings. The molecule has 2 aromatic carbocycles. The van der Waals surface area contributed by atoms with Crippen LogP contribution in [0.1, 0.15) is 32.2 Å². The van der Waals surface area contributed by atoms with Crippen LogP contribution >= 0.6 is 11.6 Å². The van der Waals surface area contributed by atoms with E-state index >= 15 is 0 Å². The predicted molar refractivity (Wildman–Crippen MR) is 135 cm³/mol. The van der Waals surface area contributed by atoms with E-state index in [4.69, 9.17) is 21.8 Å². The molecular formula is C24H28ClN5O4S. The smallest absolute Gasteiger partial charge is 0.249 e. The van der Waals surface area contributed by atoms with Crippen LogP contribution in [0.2, 0.25) is 5.02 Å². The molecule has 0 bridgehead atoms. The second-order valence-electron chi connectivity index (χ2n) is 9.83. The third kappa shape index (κ3) is 4.91. The van der Waals surface area contributed by atoms with Gasteiger partial charge in [0.25, 0.3) is 0 Å². The molecule has 9 nitrogen and oxygen atoms in total. The van der Waals surface area contributed by atoms with Gasteiger partial charge in [-0.05, 0) is 29.8 Å². The van der Waals surface area contributed by atoms with Crippen molar-refractivity contribution in [2.75, 3.05) is 29.6 Å². The summed E-state index contributed by atoms with van der Waals surface area (Å²) in [7, 11) is -0.288. The Hall–Kier alpha value is -2.95. The van der Waals surface area contributed by atoms with Crippen LogP contribution in [0.15, 0.2) is 45.7 Å². The van der Waals surface area contributed by atoms with E-state index in [0.29, 0.717) is 22.2 Å². The largest absolute Gasteiger partial charge is 0.420 e. The van der Waals surface area contributed by atoms with Crippen molar-refractivity contribution in [2.24, 2.45) is 5.73 Å². The number of fused-ring (bicyclic) bond motifs is 1. The molecule has 0 aliphatic carbocycles. The molecule has 0 fully saturated rings. The van der Waals surface area contributed by atoms with Gasteiger partial charge in [-0.15, -0.1) is 10.2 Å². The molecule has 0 spiro atoms. The molecule has 1 aromatic heterocycles. The maximum Gasteiger partial charge on any atom is 0.249 e. The number of nitrogens with two attached hydrogens (primary N) is 1. The first kappa shape index (κ1) is 25.2. The molecule has 2 N–H and O–H groups in total. The number of anilines is 2. The van der Waals surface area contributed by atoms with Gasteiger partial charge in [-0.1, -0.05) is 44.5 Å². The van der Waals surface area contributed by atoms with Crippen molar-refractivity contribution in [2.45, 2.75) is 43.7 Å². The van der Waals surface area contributed by atoms with Crippen LogP contribution in [-0.2, 0) is 26.6 Å². The molecule has 0 saturated carbocycles. The summed E-state index contributed by atoms with van der Waals surface area (Å²) in [6, 6.07) is 8.94. The summed E-state index contributed by atoms with van der Waals surface area (Å²) in [5, 5.41) is 8.96. The third-order valence-corrected chi connectivity index (χ3v) is 7.77. The van der Waals surface area contributed by atoms with Crippen molar-refractivity contribution < 1.29 is 17.6 Å². The van der Waals surface area contributed by atoms with Crippen LogP contribution in [0.4, 0.5) is 11.4 Å². The van der Waals surface area contributed by atoms with Gasteiger partial charge in [0, 0.05) is 24.5 Å². The Kier molecular flexibility index (Phi) is 6.41. The Morgan fingerprint density at radius 2 is 1.83 bits per heavy atom. The number of benzene rings is 2. The lowest BCUT2D eigenvalue weighted by molar-refractivity contribution is -0.119. The first-order chi connectivity index (χ1) is 16.3. The van der Waals surface area contributed by atoms with Gasteiger partial charge in [0.15, 0.2) is 9.84 Å². The van der Waals surface area contributed by atoms with E-state index in [-0.39, 0.29) is 28.4 Å². The molecule has 0 radical (unpaired) electrons. The predicted octanol–water partition coefficient (Wildman–Crippen LogP) is 3.40. The lowest BCUT2D eigenvalue weighted by Crippen LogP contribution is -2.45. The molecule has 186 valence electrons. The number of aromatic nitrogens is 2. The van der Waals surface area contributed by atoms with Crippen LogP contribution in [0.5, 0.6) is 0 Å². The zero-order valence-electron chi connectivity index (χ0n) is 20.2. The lowest BCUT2D eigenvalue weighted by atomic mass is 9.97. The highest BCUT2D eigenvalue weighted by molar-refractivity contribution is 7.91. The van der Waals surface area contributed by atoms with Gasteiger partial charge in [0.2, 0.25) is 17.7 Å². The molecule has 0 unspecified atom stereocenters. The molecule has 1 aliphatic rings. The average Bonchev–Trinajstić information content (AvgIpc) is 3.25. The van der Waals surface area contributed by atoms with E-state index in [2.05, 4.69) is 10.2 Å². The summed E-state index contributed by atoms with van der Waals surface area (Å²) in [6.07, 6.45) is 0. The highest BCUT2D eigenvalue weighted by Gasteiger charge is 2.37. The zero-order chi connectivity index (χ0) is 25.7. The zero-order valence-corrected chi connectivity index (χ0v) is 21.8. The third-order valence-electron chi connectivity index (χ3n) is 5.72. The normalized spacial score (nSPS) is 17.7. The van der Waals surface area contributed by atoms with E-state index in [1.165, 1.54) is 4.90 Å². The number of hydrogen-bond acceptors (Lipinski definition) is 8. The van der Waals surface area contributed by atoms with Crippen molar-refractivity contribution >= 4 is 38.7 Å². The number of carbonyl (C=O) groups excluding carboxylic acids is 1. The van der Waals surface area contributed by atoms with Crippen molar-refractivity contribution in [1.29, 1.82) is 0 Å². The summed E-state index contributed by atoms with van der Waals surface area (Å²) in [4.78, 5) is 16.5. The monoisotopic (exact) mass is 517 g/mol. The molecule has 1 atom stereocenters. The number of nitrogens with zero attached hydrogens (tertiary/aromatic N) is 4. The minimum Gasteiger partial charge on any atom is -0.420 e. The Morgan fingerprint density at radius 1 is 1.17 bits per heavy atom. The highest BCUT2D eigenvalue weighted by atomic mass is 35.5. The molecule has 2 heterocycles. The van der Waals surface area contributed by atoms with Crippen molar-refractivity contribution in [3.05, 3.63) is 52.9 Å². The van der Waals surface area contributed by atoms with E-state index in [1.54, 1.807) is 55.4 Å². The minimum absolute atomic E-state index is 0.0239. The van der Waals surface area contributed by atoms with Gasteiger partial charge in [-0.3, -0.25) is 4.79 Å². The molecule has 35 heavy (non-hydrogen) atoms. The second kappa shape index (κ2) is 8.92. The molecule has 4 rings (SSSR count). The highest BCUT2D eigenvalue weighted by Crippen LogP contribution is 2.41. The van der Waals surface area contributed by atoms with Gasteiger partial charge in [-0.2, -0.15) is 0 Å². The second-order valence-corrected chi connectivity index (χ2v) is 12.3. The van der Waals surface area contributed by atoms with Crippen LogP contribution < -0.4 is 15.5 Å². The Balaban J connectivity index is 1.95. The number of halogens is 1. The topological polar surface area (TPSA) is 123 Å². The Labute approximate surface area is 209 Å². The fraction of sp³-hybridized carbons (Fsp3) is 0.375. The average molecular weight is 518 g/mol. The maximum atomic E-state index is 13.3. The molecule has 11 heteroatoms. The van der Waals surface area contributed by atoms with Crippen LogP contribution in [0.25, 0.3) is 11.5 Å². The first-order valence-corrected chi connectivity index (χ1v) is 13.0. The Bertz CT molecular complexity index is 1380. The fourth-order valence-corrected chi connectivity index (χ4v) is 5.55. The van der Waals surface area contributed by atoms with Gasteiger partial charge in [-0.25, -0.2) is 8.42 Å². The van der Waals surface area contributed by atoms with Crippen molar-refractivity contribution in [3.8, 4) is 11.5 Å². The van der Waals surface area contributed by atoms with E-state index < -0.39 is 27.5 Å². The van der Waals surface area contributed by atoms with E-state index in [9.17, 15) is 13.2 Å². The molecular weight excluding hydrogens is 490 g/mol. The molecule has 1 amide bonds. The summed E-state index contributed by atoms with van der Waals surface area (Å²) < 4.78 is 32.6. The van der Waals surface area contributed by atoms with Gasteiger partial charge < -0.3 is 20.0 Å². The Morgan fingerprint density at radius 3 is 2.40 bits per heavy atom.